The van der Waals surface area contributed by atoms with Crippen molar-refractivity contribution in [2.75, 3.05) is 0 Å². The molecule has 1 aromatic heterocycles. The summed E-state index contributed by atoms with van der Waals surface area (Å²) in [5, 5.41) is 0.332. The fourth-order valence-corrected chi connectivity index (χ4v) is 3.09. The van der Waals surface area contributed by atoms with Gasteiger partial charge in [0.1, 0.15) is 23.2 Å². The first-order valence-corrected chi connectivity index (χ1v) is 8.90. The lowest BCUT2D eigenvalue weighted by atomic mass is 10.2. The minimum absolute atomic E-state index is 0.0319. The molecule has 3 rings (SSSR count). The smallest absolute Gasteiger partial charge is 0.223 e. The van der Waals surface area contributed by atoms with E-state index in [1.165, 1.54) is 36.4 Å². The second-order valence-electron chi connectivity index (χ2n) is 5.38. The Morgan fingerprint density at radius 2 is 1.69 bits per heavy atom. The van der Waals surface area contributed by atoms with E-state index in [-0.39, 0.29) is 17.2 Å². The molecule has 0 saturated carbocycles. The van der Waals surface area contributed by atoms with Gasteiger partial charge in [-0.3, -0.25) is 0 Å². The van der Waals surface area contributed by atoms with Gasteiger partial charge in [0.15, 0.2) is 5.16 Å². The standard InChI is InChI=1S/C19H15F3N2OS/c1-2-13-10-18(25-14-6-3-5-12(20)9-14)24-19(23-13)26-11-15-16(21)7-4-8-17(15)22/h3-10H,2,11H2,1H3. The molecule has 0 unspecified atom stereocenters. The van der Waals surface area contributed by atoms with Crippen LogP contribution in [0.4, 0.5) is 13.2 Å². The summed E-state index contributed by atoms with van der Waals surface area (Å²) in [5.41, 5.74) is 0.679. The van der Waals surface area contributed by atoms with Gasteiger partial charge in [-0.15, -0.1) is 0 Å². The summed E-state index contributed by atoms with van der Waals surface area (Å²) in [7, 11) is 0. The van der Waals surface area contributed by atoms with Crippen LogP contribution in [0.5, 0.6) is 11.6 Å². The predicted molar refractivity (Wildman–Crippen MR) is 93.8 cm³/mol. The lowest BCUT2D eigenvalue weighted by Gasteiger charge is -2.09. The molecule has 2 aromatic carbocycles. The fourth-order valence-electron chi connectivity index (χ4n) is 2.21. The van der Waals surface area contributed by atoms with Crippen LogP contribution in [0.2, 0.25) is 0 Å². The average Bonchev–Trinajstić information content (AvgIpc) is 2.61. The van der Waals surface area contributed by atoms with Crippen LogP contribution in [0.3, 0.4) is 0 Å². The number of nitrogens with zero attached hydrogens (tertiary/aromatic N) is 2. The van der Waals surface area contributed by atoms with E-state index >= 15 is 0 Å². The molecule has 0 radical (unpaired) electrons. The highest BCUT2D eigenvalue weighted by atomic mass is 32.2. The maximum absolute atomic E-state index is 13.7. The molecule has 0 bridgehead atoms. The third-order valence-electron chi connectivity index (χ3n) is 3.52. The summed E-state index contributed by atoms with van der Waals surface area (Å²) in [6.07, 6.45) is 0.629. The van der Waals surface area contributed by atoms with Crippen LogP contribution in [0.15, 0.2) is 53.7 Å². The normalized spacial score (nSPS) is 10.8. The number of ether oxygens (including phenoxy) is 1. The maximum Gasteiger partial charge on any atom is 0.223 e. The van der Waals surface area contributed by atoms with E-state index in [0.29, 0.717) is 23.0 Å². The number of hydrogen-bond acceptors (Lipinski definition) is 4. The van der Waals surface area contributed by atoms with Gasteiger partial charge in [-0.05, 0) is 30.7 Å². The molecule has 26 heavy (non-hydrogen) atoms. The highest BCUT2D eigenvalue weighted by Crippen LogP contribution is 2.27. The Morgan fingerprint density at radius 3 is 2.38 bits per heavy atom. The van der Waals surface area contributed by atoms with Gasteiger partial charge in [0.25, 0.3) is 0 Å². The Morgan fingerprint density at radius 1 is 0.962 bits per heavy atom. The van der Waals surface area contributed by atoms with E-state index in [1.54, 1.807) is 12.1 Å². The van der Waals surface area contributed by atoms with Crippen molar-refractivity contribution in [3.63, 3.8) is 0 Å². The average molecular weight is 376 g/mol. The topological polar surface area (TPSA) is 35.0 Å². The van der Waals surface area contributed by atoms with Gasteiger partial charge in [-0.2, -0.15) is 4.98 Å². The van der Waals surface area contributed by atoms with E-state index in [0.717, 1.165) is 11.8 Å². The Balaban J connectivity index is 1.81. The highest BCUT2D eigenvalue weighted by molar-refractivity contribution is 7.98. The van der Waals surface area contributed by atoms with Gasteiger partial charge in [0, 0.05) is 29.1 Å². The molecule has 0 aliphatic carbocycles. The van der Waals surface area contributed by atoms with Crippen LogP contribution in [0, 0.1) is 17.5 Å². The molecule has 0 atom stereocenters. The third kappa shape index (κ3) is 4.54. The second-order valence-corrected chi connectivity index (χ2v) is 6.32. The maximum atomic E-state index is 13.7. The molecule has 7 heteroatoms. The van der Waals surface area contributed by atoms with E-state index in [1.807, 2.05) is 6.92 Å². The van der Waals surface area contributed by atoms with E-state index in [4.69, 9.17) is 4.74 Å². The van der Waals surface area contributed by atoms with Gasteiger partial charge in [-0.1, -0.05) is 30.8 Å². The van der Waals surface area contributed by atoms with Crippen molar-refractivity contribution in [3.05, 3.63) is 77.2 Å². The van der Waals surface area contributed by atoms with Gasteiger partial charge in [-0.25, -0.2) is 18.2 Å². The molecule has 3 nitrogen and oxygen atoms in total. The number of benzene rings is 2. The quantitative estimate of drug-likeness (QED) is 0.418. The summed E-state index contributed by atoms with van der Waals surface area (Å²) >= 11 is 1.10. The lowest BCUT2D eigenvalue weighted by Crippen LogP contribution is -1.99. The molecule has 0 saturated heterocycles. The zero-order valence-electron chi connectivity index (χ0n) is 13.9. The summed E-state index contributed by atoms with van der Waals surface area (Å²) < 4.78 is 46.4. The van der Waals surface area contributed by atoms with E-state index in [2.05, 4.69) is 9.97 Å². The summed E-state index contributed by atoms with van der Waals surface area (Å²) in [4.78, 5) is 8.58. The van der Waals surface area contributed by atoms with E-state index < -0.39 is 17.5 Å². The van der Waals surface area contributed by atoms with Gasteiger partial charge < -0.3 is 4.74 Å². The largest absolute Gasteiger partial charge is 0.439 e. The molecule has 0 N–H and O–H groups in total. The fraction of sp³-hybridized carbons (Fsp3) is 0.158. The SMILES string of the molecule is CCc1cc(Oc2cccc(F)c2)nc(SCc2c(F)cccc2F)n1. The number of rotatable bonds is 6. The first-order valence-electron chi connectivity index (χ1n) is 7.92. The molecular formula is C19H15F3N2OS. The van der Waals surface area contributed by atoms with Crippen LogP contribution in [-0.4, -0.2) is 9.97 Å². The Labute approximate surface area is 153 Å². The van der Waals surface area contributed by atoms with Crippen molar-refractivity contribution in [3.8, 4) is 11.6 Å². The Kier molecular flexibility index (Phi) is 5.78. The molecule has 3 aromatic rings. The second kappa shape index (κ2) is 8.23. The summed E-state index contributed by atoms with van der Waals surface area (Å²) in [6, 6.07) is 11.1. The van der Waals surface area contributed by atoms with Gasteiger partial charge >= 0.3 is 0 Å². The number of hydrogen-bond donors (Lipinski definition) is 0. The molecule has 134 valence electrons. The molecular weight excluding hydrogens is 361 g/mol. The number of halogens is 3. The first kappa shape index (κ1) is 18.3. The zero-order valence-corrected chi connectivity index (χ0v) is 14.7. The minimum Gasteiger partial charge on any atom is -0.439 e. The Hall–Kier alpha value is -2.54. The predicted octanol–water partition coefficient (Wildman–Crippen LogP) is 5.54. The Bertz CT molecular complexity index is 901. The molecule has 0 fully saturated rings. The molecule has 0 aliphatic heterocycles. The first-order chi connectivity index (χ1) is 12.5. The summed E-state index contributed by atoms with van der Waals surface area (Å²) in [6.45, 7) is 1.92. The molecule has 0 aliphatic rings. The molecule has 0 spiro atoms. The van der Waals surface area contributed by atoms with Gasteiger partial charge in [0.2, 0.25) is 5.88 Å². The molecule has 0 amide bonds. The van der Waals surface area contributed by atoms with Crippen LogP contribution >= 0.6 is 11.8 Å². The van der Waals surface area contributed by atoms with Crippen LogP contribution in [0.25, 0.3) is 0 Å². The number of thioether (sulfide) groups is 1. The van der Waals surface area contributed by atoms with Crippen molar-refractivity contribution >= 4 is 11.8 Å². The van der Waals surface area contributed by atoms with Crippen LogP contribution < -0.4 is 4.74 Å². The van der Waals surface area contributed by atoms with E-state index in [9.17, 15) is 13.2 Å². The van der Waals surface area contributed by atoms with Crippen LogP contribution in [-0.2, 0) is 12.2 Å². The van der Waals surface area contributed by atoms with Crippen LogP contribution in [0.1, 0.15) is 18.2 Å². The van der Waals surface area contributed by atoms with Crippen molar-refractivity contribution in [2.45, 2.75) is 24.3 Å². The zero-order chi connectivity index (χ0) is 18.5. The van der Waals surface area contributed by atoms with Gasteiger partial charge in [0.05, 0.1) is 0 Å². The van der Waals surface area contributed by atoms with Crippen molar-refractivity contribution in [2.24, 2.45) is 0 Å². The van der Waals surface area contributed by atoms with Crippen molar-refractivity contribution in [1.29, 1.82) is 0 Å². The third-order valence-corrected chi connectivity index (χ3v) is 4.40. The number of aromatic nitrogens is 2. The molecule has 1 heterocycles. The lowest BCUT2D eigenvalue weighted by molar-refractivity contribution is 0.449. The summed E-state index contributed by atoms with van der Waals surface area (Å²) in [5.74, 6) is -1.04. The van der Waals surface area contributed by atoms with Crippen molar-refractivity contribution in [1.82, 2.24) is 9.97 Å². The monoisotopic (exact) mass is 376 g/mol. The van der Waals surface area contributed by atoms with Crippen molar-refractivity contribution < 1.29 is 17.9 Å². The number of aryl methyl sites for hydroxylation is 1. The highest BCUT2D eigenvalue weighted by Gasteiger charge is 2.12. The minimum atomic E-state index is -0.611.